The van der Waals surface area contributed by atoms with Crippen LogP contribution in [0, 0.1) is 0 Å². The van der Waals surface area contributed by atoms with E-state index in [0.717, 1.165) is 16.7 Å². The molecular weight excluding hydrogens is 294 g/mol. The number of rotatable bonds is 4. The zero-order valence-corrected chi connectivity index (χ0v) is 12.7. The average molecular weight is 308 g/mol. The summed E-state index contributed by atoms with van der Waals surface area (Å²) in [5.74, 6) is -0.909. The molecule has 0 aliphatic heterocycles. The minimum Gasteiger partial charge on any atom is -0.477 e. The van der Waals surface area contributed by atoms with Gasteiger partial charge in [0.15, 0.2) is 0 Å². The molecule has 0 saturated carbocycles. The van der Waals surface area contributed by atoms with Crippen LogP contribution in [0.3, 0.4) is 0 Å². The van der Waals surface area contributed by atoms with Gasteiger partial charge >= 0.3 is 5.97 Å². The zero-order chi connectivity index (χ0) is 14.7. The maximum absolute atomic E-state index is 11.3. The molecule has 5 heteroatoms. The summed E-state index contributed by atoms with van der Waals surface area (Å²) in [6.45, 7) is 0. The zero-order valence-electron chi connectivity index (χ0n) is 11.1. The number of carboxylic acids is 1. The Morgan fingerprint density at radius 2 is 1.95 bits per heavy atom. The molecule has 20 heavy (non-hydrogen) atoms. The lowest BCUT2D eigenvalue weighted by molar-refractivity contribution is 0.0702. The van der Waals surface area contributed by atoms with Gasteiger partial charge in [-0.3, -0.25) is 0 Å². The second kappa shape index (κ2) is 6.11. The predicted molar refractivity (Wildman–Crippen MR) is 84.4 cm³/mol. The minimum absolute atomic E-state index is 0.341. The monoisotopic (exact) mass is 307 g/mol. The van der Waals surface area contributed by atoms with Crippen molar-refractivity contribution in [2.24, 2.45) is 0 Å². The van der Waals surface area contributed by atoms with Crippen LogP contribution in [-0.2, 0) is 0 Å². The van der Waals surface area contributed by atoms with E-state index in [1.54, 1.807) is 12.1 Å². The number of carboxylic acid groups (broad SMARTS) is 1. The van der Waals surface area contributed by atoms with Crippen molar-refractivity contribution < 1.29 is 9.90 Å². The first kappa shape index (κ1) is 14.6. The largest absolute Gasteiger partial charge is 0.477 e. The Hall–Kier alpha value is -1.78. The molecule has 1 aromatic heterocycles. The van der Waals surface area contributed by atoms with Gasteiger partial charge in [-0.25, -0.2) is 4.79 Å². The first-order valence-electron chi connectivity index (χ1n) is 5.94. The van der Waals surface area contributed by atoms with Crippen LogP contribution in [0.4, 0.5) is 0 Å². The van der Waals surface area contributed by atoms with E-state index in [9.17, 15) is 9.90 Å². The van der Waals surface area contributed by atoms with E-state index >= 15 is 0 Å². The van der Waals surface area contributed by atoms with E-state index < -0.39 is 5.97 Å². The number of benzene rings is 1. The second-order valence-electron chi connectivity index (χ2n) is 4.48. The first-order chi connectivity index (χ1) is 9.49. The smallest absolute Gasteiger partial charge is 0.346 e. The van der Waals surface area contributed by atoms with Crippen molar-refractivity contribution in [3.63, 3.8) is 0 Å². The molecule has 0 aliphatic rings. The summed E-state index contributed by atoms with van der Waals surface area (Å²) in [6, 6.07) is 7.38. The van der Waals surface area contributed by atoms with Crippen LogP contribution in [0.1, 0.15) is 15.2 Å². The van der Waals surface area contributed by atoms with Crippen LogP contribution in [-0.4, -0.2) is 30.1 Å². The maximum atomic E-state index is 11.3. The lowest BCUT2D eigenvalue weighted by Crippen LogP contribution is -2.01. The van der Waals surface area contributed by atoms with Gasteiger partial charge in [0.2, 0.25) is 0 Å². The quantitative estimate of drug-likeness (QED) is 0.915. The molecule has 1 N–H and O–H groups in total. The molecule has 104 valence electrons. The summed E-state index contributed by atoms with van der Waals surface area (Å²) in [5, 5.41) is 11.8. The average Bonchev–Trinajstić information content (AvgIpc) is 2.81. The fraction of sp³-hybridized carbons (Fsp3) is 0.133. The molecule has 0 amide bonds. The van der Waals surface area contributed by atoms with Gasteiger partial charge < -0.3 is 10.0 Å². The highest BCUT2D eigenvalue weighted by atomic mass is 35.5. The number of halogens is 1. The SMILES string of the molecule is CN(C)C=Cc1c(-c2ccc(Cl)cc2)csc1C(=O)O. The van der Waals surface area contributed by atoms with Crippen molar-refractivity contribution in [2.45, 2.75) is 0 Å². The molecule has 2 rings (SSSR count). The molecule has 1 heterocycles. The van der Waals surface area contributed by atoms with E-state index in [4.69, 9.17) is 11.6 Å². The second-order valence-corrected chi connectivity index (χ2v) is 5.80. The molecule has 3 nitrogen and oxygen atoms in total. The van der Waals surface area contributed by atoms with Crippen molar-refractivity contribution in [3.8, 4) is 11.1 Å². The van der Waals surface area contributed by atoms with Gasteiger partial charge in [-0.2, -0.15) is 0 Å². The van der Waals surface area contributed by atoms with Crippen molar-refractivity contribution in [2.75, 3.05) is 14.1 Å². The van der Waals surface area contributed by atoms with Crippen LogP contribution in [0.2, 0.25) is 5.02 Å². The van der Waals surface area contributed by atoms with Gasteiger partial charge in [-0.1, -0.05) is 23.7 Å². The molecule has 0 bridgehead atoms. The van der Waals surface area contributed by atoms with Crippen LogP contribution in [0.5, 0.6) is 0 Å². The Balaban J connectivity index is 2.53. The van der Waals surface area contributed by atoms with Crippen LogP contribution < -0.4 is 0 Å². The number of hydrogen-bond donors (Lipinski definition) is 1. The maximum Gasteiger partial charge on any atom is 0.346 e. The number of carbonyl (C=O) groups is 1. The fourth-order valence-electron chi connectivity index (χ4n) is 1.77. The Labute approximate surface area is 126 Å². The third kappa shape index (κ3) is 3.21. The first-order valence-corrected chi connectivity index (χ1v) is 7.20. The van der Waals surface area contributed by atoms with Crippen molar-refractivity contribution in [1.29, 1.82) is 0 Å². The highest BCUT2D eigenvalue weighted by Gasteiger charge is 2.16. The molecule has 0 atom stereocenters. The Bertz CT molecular complexity index is 644. The summed E-state index contributed by atoms with van der Waals surface area (Å²) in [5.41, 5.74) is 2.58. The molecule has 0 unspecified atom stereocenters. The minimum atomic E-state index is -0.909. The summed E-state index contributed by atoms with van der Waals surface area (Å²) in [6.07, 6.45) is 3.66. The molecule has 0 radical (unpaired) electrons. The molecule has 0 fully saturated rings. The molecule has 0 spiro atoms. The number of hydrogen-bond acceptors (Lipinski definition) is 3. The standard InChI is InChI=1S/C15H14ClNO2S/c1-17(2)8-7-12-13(9-20-14(12)15(18)19)10-3-5-11(16)6-4-10/h3-9H,1-2H3,(H,18,19). The summed E-state index contributed by atoms with van der Waals surface area (Å²) in [7, 11) is 3.79. The topological polar surface area (TPSA) is 40.5 Å². The van der Waals surface area contributed by atoms with Gasteiger partial charge in [-0.15, -0.1) is 11.3 Å². The van der Waals surface area contributed by atoms with Gasteiger partial charge in [0.25, 0.3) is 0 Å². The summed E-state index contributed by atoms with van der Waals surface area (Å²) >= 11 is 7.12. The van der Waals surface area contributed by atoms with E-state index in [-0.39, 0.29) is 0 Å². The highest BCUT2D eigenvalue weighted by molar-refractivity contribution is 7.12. The number of nitrogens with zero attached hydrogens (tertiary/aromatic N) is 1. The van der Waals surface area contributed by atoms with Gasteiger partial charge in [0, 0.05) is 35.6 Å². The number of thiophene rings is 1. The predicted octanol–water partition coefficient (Wildman–Crippen LogP) is 4.30. The van der Waals surface area contributed by atoms with E-state index in [1.165, 1.54) is 11.3 Å². The van der Waals surface area contributed by atoms with Crippen molar-refractivity contribution in [1.82, 2.24) is 4.90 Å². The Morgan fingerprint density at radius 3 is 2.50 bits per heavy atom. The van der Waals surface area contributed by atoms with Gasteiger partial charge in [0.05, 0.1) is 0 Å². The van der Waals surface area contributed by atoms with Crippen molar-refractivity contribution >= 4 is 35.0 Å². The van der Waals surface area contributed by atoms with Crippen LogP contribution in [0.15, 0.2) is 35.8 Å². The number of aromatic carboxylic acids is 1. The lowest BCUT2D eigenvalue weighted by Gasteiger charge is -2.06. The summed E-state index contributed by atoms with van der Waals surface area (Å²) in [4.78, 5) is 13.5. The Kier molecular flexibility index (Phi) is 4.47. The molecule has 0 saturated heterocycles. The molecule has 2 aromatic rings. The van der Waals surface area contributed by atoms with E-state index in [2.05, 4.69) is 0 Å². The van der Waals surface area contributed by atoms with Crippen molar-refractivity contribution in [3.05, 3.63) is 51.3 Å². The highest BCUT2D eigenvalue weighted by Crippen LogP contribution is 2.33. The Morgan fingerprint density at radius 1 is 1.30 bits per heavy atom. The van der Waals surface area contributed by atoms with Gasteiger partial charge in [0.1, 0.15) is 4.88 Å². The van der Waals surface area contributed by atoms with Gasteiger partial charge in [-0.05, 0) is 30.0 Å². The normalized spacial score (nSPS) is 10.9. The molecule has 1 aromatic carbocycles. The third-order valence-electron chi connectivity index (χ3n) is 2.72. The van der Waals surface area contributed by atoms with Crippen LogP contribution >= 0.6 is 22.9 Å². The lowest BCUT2D eigenvalue weighted by atomic mass is 10.0. The fourth-order valence-corrected chi connectivity index (χ4v) is 2.81. The third-order valence-corrected chi connectivity index (χ3v) is 3.95. The molecule has 0 aliphatic carbocycles. The van der Waals surface area contributed by atoms with E-state index in [0.29, 0.717) is 9.90 Å². The van der Waals surface area contributed by atoms with Crippen LogP contribution in [0.25, 0.3) is 17.2 Å². The summed E-state index contributed by atoms with van der Waals surface area (Å²) < 4.78 is 0. The molecular formula is C15H14ClNO2S. The van der Waals surface area contributed by atoms with E-state index in [1.807, 2.05) is 48.8 Å².